The van der Waals surface area contributed by atoms with Gasteiger partial charge in [-0.15, -0.1) is 0 Å². The van der Waals surface area contributed by atoms with Gasteiger partial charge in [-0.05, 0) is 48.9 Å². The molecular weight excluding hydrogens is 394 g/mol. The Bertz CT molecular complexity index is 1040. The highest BCUT2D eigenvalue weighted by Crippen LogP contribution is 2.41. The van der Waals surface area contributed by atoms with Gasteiger partial charge in [0.15, 0.2) is 11.3 Å². The second-order valence-electron chi connectivity index (χ2n) is 7.93. The van der Waals surface area contributed by atoms with Gasteiger partial charge < -0.3 is 5.32 Å². The van der Waals surface area contributed by atoms with Crippen LogP contribution in [0.2, 0.25) is 0 Å². The van der Waals surface area contributed by atoms with Crippen molar-refractivity contribution in [1.29, 1.82) is 0 Å². The summed E-state index contributed by atoms with van der Waals surface area (Å²) in [5.41, 5.74) is 2.77. The maximum atomic E-state index is 13.7. The van der Waals surface area contributed by atoms with Crippen molar-refractivity contribution in [3.63, 3.8) is 0 Å². The molecule has 0 aromatic carbocycles. The first-order valence-corrected chi connectivity index (χ1v) is 10.2. The topological polar surface area (TPSA) is 98.2 Å². The van der Waals surface area contributed by atoms with Gasteiger partial charge in [-0.2, -0.15) is 5.10 Å². The number of aromatic nitrogens is 5. The molecule has 3 heterocycles. The van der Waals surface area contributed by atoms with E-state index in [0.717, 1.165) is 18.4 Å². The number of halogens is 2. The molecular formula is C20H24F2N6O2. The van der Waals surface area contributed by atoms with E-state index in [1.54, 1.807) is 23.8 Å². The zero-order chi connectivity index (χ0) is 21.3. The molecule has 1 aliphatic carbocycles. The summed E-state index contributed by atoms with van der Waals surface area (Å²) in [5, 5.41) is 14.6. The molecule has 0 radical (unpaired) electrons. The number of amides is 1. The number of aryl methyl sites for hydroxylation is 2. The first kappa shape index (κ1) is 20.4. The van der Waals surface area contributed by atoms with Crippen LogP contribution in [-0.2, 0) is 6.42 Å². The van der Waals surface area contributed by atoms with E-state index in [1.807, 2.05) is 6.07 Å². The summed E-state index contributed by atoms with van der Waals surface area (Å²) in [6.45, 7) is 3.71. The molecule has 3 aromatic heterocycles. The summed E-state index contributed by atoms with van der Waals surface area (Å²) in [5.74, 6) is -3.30. The third kappa shape index (κ3) is 4.17. The average molecular weight is 418 g/mol. The number of carbonyl (C=O) groups is 1. The molecule has 0 saturated heterocycles. The molecule has 1 amide bonds. The molecule has 10 heteroatoms. The lowest BCUT2D eigenvalue weighted by Gasteiger charge is -2.33. The molecule has 1 saturated carbocycles. The van der Waals surface area contributed by atoms with Gasteiger partial charge in [0.25, 0.3) is 5.91 Å². The highest BCUT2D eigenvalue weighted by molar-refractivity contribution is 5.93. The van der Waals surface area contributed by atoms with Gasteiger partial charge >= 0.3 is 0 Å². The number of fused-ring (bicyclic) bond motifs is 1. The third-order valence-electron chi connectivity index (χ3n) is 5.64. The van der Waals surface area contributed by atoms with Gasteiger partial charge in [0.1, 0.15) is 5.69 Å². The minimum absolute atomic E-state index is 0.0771. The summed E-state index contributed by atoms with van der Waals surface area (Å²) >= 11 is 0. The van der Waals surface area contributed by atoms with E-state index in [2.05, 4.69) is 37.3 Å². The monoisotopic (exact) mass is 418 g/mol. The Balaban J connectivity index is 1.65. The summed E-state index contributed by atoms with van der Waals surface area (Å²) in [7, 11) is 0. The predicted octanol–water partition coefficient (Wildman–Crippen LogP) is 3.67. The Morgan fingerprint density at radius 2 is 2.13 bits per heavy atom. The molecule has 0 spiro atoms. The molecule has 0 unspecified atom stereocenters. The number of rotatable bonds is 6. The van der Waals surface area contributed by atoms with Crippen LogP contribution in [0.15, 0.2) is 23.1 Å². The van der Waals surface area contributed by atoms with Crippen LogP contribution >= 0.6 is 0 Å². The fraction of sp³-hybridized carbons (Fsp3) is 0.550. The van der Waals surface area contributed by atoms with Crippen molar-refractivity contribution in [2.45, 2.75) is 64.3 Å². The van der Waals surface area contributed by atoms with Gasteiger partial charge in [0.2, 0.25) is 5.92 Å². The quantitative estimate of drug-likeness (QED) is 0.656. The van der Waals surface area contributed by atoms with Crippen LogP contribution < -0.4 is 5.32 Å². The lowest BCUT2D eigenvalue weighted by Crippen LogP contribution is -2.37. The average Bonchev–Trinajstić information content (AvgIpc) is 3.32. The van der Waals surface area contributed by atoms with E-state index >= 15 is 0 Å². The fourth-order valence-electron chi connectivity index (χ4n) is 3.99. The Morgan fingerprint density at radius 1 is 1.37 bits per heavy atom. The minimum Gasteiger partial charge on any atom is -0.342 e. The molecule has 0 aliphatic heterocycles. The van der Waals surface area contributed by atoms with E-state index in [1.165, 1.54) is 0 Å². The predicted molar refractivity (Wildman–Crippen MR) is 103 cm³/mol. The highest BCUT2D eigenvalue weighted by Gasteiger charge is 2.39. The van der Waals surface area contributed by atoms with Gasteiger partial charge in [-0.25, -0.2) is 22.9 Å². The summed E-state index contributed by atoms with van der Waals surface area (Å²) in [6, 6.07) is 1.42. The van der Waals surface area contributed by atoms with Gasteiger partial charge in [0, 0.05) is 12.8 Å². The Morgan fingerprint density at radius 3 is 2.80 bits per heavy atom. The molecule has 1 N–H and O–H groups in total. The molecule has 3 aromatic rings. The van der Waals surface area contributed by atoms with Crippen LogP contribution in [0.25, 0.3) is 5.65 Å². The number of nitrogens with zero attached hydrogens (tertiary/aromatic N) is 5. The zero-order valence-electron chi connectivity index (χ0n) is 16.9. The Labute approximate surface area is 172 Å². The molecule has 8 nitrogen and oxygen atoms in total. The largest absolute Gasteiger partial charge is 0.342 e. The smallest absolute Gasteiger partial charge is 0.276 e. The molecule has 30 heavy (non-hydrogen) atoms. The summed E-state index contributed by atoms with van der Waals surface area (Å²) < 4.78 is 33.7. The van der Waals surface area contributed by atoms with E-state index in [4.69, 9.17) is 0 Å². The van der Waals surface area contributed by atoms with E-state index in [0.29, 0.717) is 17.0 Å². The molecule has 160 valence electrons. The van der Waals surface area contributed by atoms with Gasteiger partial charge in [-0.1, -0.05) is 18.5 Å². The first-order valence-electron chi connectivity index (χ1n) is 10.2. The molecule has 0 bridgehead atoms. The number of hydrogen-bond donors (Lipinski definition) is 1. The standard InChI is InChI=1S/C20H24F2N6O2/c1-3-4-13-9-16-24-15(11-28(16)23-10-13)18(14-5-7-20(21,22)8-6-14)25-19(29)17-12(2)26-30-27-17/h9-11,14,18H,3-8H2,1-2H3,(H,25,29)/t18-/m0/s1. The van der Waals surface area contributed by atoms with E-state index in [-0.39, 0.29) is 37.3 Å². The van der Waals surface area contributed by atoms with Crippen molar-refractivity contribution in [3.05, 3.63) is 41.1 Å². The van der Waals surface area contributed by atoms with Crippen LogP contribution in [0, 0.1) is 12.8 Å². The maximum Gasteiger partial charge on any atom is 0.276 e. The van der Waals surface area contributed by atoms with E-state index < -0.39 is 17.9 Å². The van der Waals surface area contributed by atoms with Crippen LogP contribution in [0.5, 0.6) is 0 Å². The minimum atomic E-state index is -2.66. The highest BCUT2D eigenvalue weighted by atomic mass is 19.3. The number of nitrogens with one attached hydrogen (secondary N) is 1. The first-order chi connectivity index (χ1) is 14.4. The molecule has 4 rings (SSSR count). The van der Waals surface area contributed by atoms with Crippen molar-refractivity contribution >= 4 is 11.6 Å². The van der Waals surface area contributed by atoms with Crippen molar-refractivity contribution in [1.82, 2.24) is 30.2 Å². The number of hydrogen-bond acceptors (Lipinski definition) is 6. The van der Waals surface area contributed by atoms with Crippen molar-refractivity contribution in [2.75, 3.05) is 0 Å². The van der Waals surface area contributed by atoms with E-state index in [9.17, 15) is 13.6 Å². The molecule has 1 atom stereocenters. The second kappa shape index (κ2) is 8.08. The van der Waals surface area contributed by atoms with Crippen molar-refractivity contribution in [2.24, 2.45) is 5.92 Å². The lowest BCUT2D eigenvalue weighted by atomic mass is 9.81. The normalized spacial score (nSPS) is 17.9. The number of alkyl halides is 2. The van der Waals surface area contributed by atoms with Crippen LogP contribution in [0.3, 0.4) is 0 Å². The fourth-order valence-corrected chi connectivity index (χ4v) is 3.99. The number of carbonyl (C=O) groups excluding carboxylic acids is 1. The lowest BCUT2D eigenvalue weighted by molar-refractivity contribution is -0.0495. The van der Waals surface area contributed by atoms with Crippen LogP contribution in [0.4, 0.5) is 8.78 Å². The SMILES string of the molecule is CCCc1cnn2cc([C@@H](NC(=O)c3nonc3C)C3CCC(F)(F)CC3)nc2c1. The molecule has 1 fully saturated rings. The van der Waals surface area contributed by atoms with Crippen molar-refractivity contribution in [3.8, 4) is 0 Å². The summed E-state index contributed by atoms with van der Waals surface area (Å²) in [4.78, 5) is 17.4. The second-order valence-corrected chi connectivity index (χ2v) is 7.93. The van der Waals surface area contributed by atoms with Gasteiger partial charge in [0.05, 0.1) is 24.1 Å². The molecule has 1 aliphatic rings. The Hall–Kier alpha value is -2.91. The zero-order valence-corrected chi connectivity index (χ0v) is 16.9. The van der Waals surface area contributed by atoms with Gasteiger partial charge in [-0.3, -0.25) is 4.79 Å². The van der Waals surface area contributed by atoms with Crippen LogP contribution in [0.1, 0.15) is 72.5 Å². The number of imidazole rings is 1. The van der Waals surface area contributed by atoms with Crippen LogP contribution in [-0.4, -0.2) is 36.7 Å². The summed E-state index contributed by atoms with van der Waals surface area (Å²) in [6.07, 6.45) is 5.58. The van der Waals surface area contributed by atoms with Crippen molar-refractivity contribution < 1.29 is 18.2 Å². The third-order valence-corrected chi connectivity index (χ3v) is 5.64. The maximum absolute atomic E-state index is 13.7. The Kier molecular flexibility index (Phi) is 5.48.